The zero-order valence-electron chi connectivity index (χ0n) is 12.5. The molecule has 3 rings (SSSR count). The Hall–Kier alpha value is -2.17. The predicted molar refractivity (Wildman–Crippen MR) is 82.5 cm³/mol. The third kappa shape index (κ3) is 2.82. The lowest BCUT2D eigenvalue weighted by Crippen LogP contribution is -2.24. The van der Waals surface area contributed by atoms with Gasteiger partial charge in [-0.2, -0.15) is 5.10 Å². The monoisotopic (exact) mass is 284 g/mol. The van der Waals surface area contributed by atoms with E-state index in [-0.39, 0.29) is 5.91 Å². The molecular formula is C16H20N4O. The van der Waals surface area contributed by atoms with Gasteiger partial charge >= 0.3 is 0 Å². The van der Waals surface area contributed by atoms with Crippen LogP contribution in [0.4, 0.5) is 0 Å². The Morgan fingerprint density at radius 1 is 1.48 bits per heavy atom. The largest absolute Gasteiger partial charge is 0.295 e. The number of imidazole rings is 1. The Morgan fingerprint density at radius 3 is 3.14 bits per heavy atom. The fraction of sp³-hybridized carbons (Fsp3) is 0.438. The van der Waals surface area contributed by atoms with Gasteiger partial charge in [0, 0.05) is 11.9 Å². The quantitative estimate of drug-likeness (QED) is 0.862. The van der Waals surface area contributed by atoms with Gasteiger partial charge in [0.25, 0.3) is 5.91 Å². The zero-order valence-corrected chi connectivity index (χ0v) is 12.5. The first-order valence-corrected chi connectivity index (χ1v) is 7.44. The maximum absolute atomic E-state index is 12.4. The molecule has 0 aromatic carbocycles. The van der Waals surface area contributed by atoms with E-state index in [0.717, 1.165) is 36.3 Å². The van der Waals surface area contributed by atoms with Crippen molar-refractivity contribution in [2.45, 2.75) is 39.5 Å². The third-order valence-corrected chi connectivity index (χ3v) is 3.98. The summed E-state index contributed by atoms with van der Waals surface area (Å²) < 4.78 is 1.80. The highest BCUT2D eigenvalue weighted by Gasteiger charge is 2.17. The second-order valence-electron chi connectivity index (χ2n) is 5.80. The van der Waals surface area contributed by atoms with Gasteiger partial charge in [-0.3, -0.25) is 9.20 Å². The first-order valence-electron chi connectivity index (χ1n) is 7.44. The molecule has 0 radical (unpaired) electrons. The van der Waals surface area contributed by atoms with Crippen molar-refractivity contribution in [3.8, 4) is 0 Å². The van der Waals surface area contributed by atoms with Crippen molar-refractivity contribution in [1.82, 2.24) is 14.8 Å². The van der Waals surface area contributed by atoms with Crippen LogP contribution in [0.1, 0.15) is 48.8 Å². The maximum atomic E-state index is 12.4. The van der Waals surface area contributed by atoms with Crippen LogP contribution in [-0.4, -0.2) is 21.0 Å². The molecule has 1 aliphatic rings. The van der Waals surface area contributed by atoms with Crippen LogP contribution in [0.2, 0.25) is 0 Å². The number of nitrogens with one attached hydrogen (secondary N) is 1. The summed E-state index contributed by atoms with van der Waals surface area (Å²) in [5.74, 6) is 0.462. The fourth-order valence-corrected chi connectivity index (χ4v) is 2.93. The molecule has 0 aliphatic heterocycles. The molecule has 1 aliphatic carbocycles. The second-order valence-corrected chi connectivity index (χ2v) is 5.80. The summed E-state index contributed by atoms with van der Waals surface area (Å²) in [5.41, 5.74) is 5.84. The number of rotatable bonds is 2. The van der Waals surface area contributed by atoms with Crippen molar-refractivity contribution in [1.29, 1.82) is 0 Å². The number of aryl methyl sites for hydroxylation is 1. The molecule has 21 heavy (non-hydrogen) atoms. The van der Waals surface area contributed by atoms with Gasteiger partial charge in [-0.25, -0.2) is 10.4 Å². The van der Waals surface area contributed by atoms with Crippen molar-refractivity contribution >= 4 is 17.3 Å². The van der Waals surface area contributed by atoms with Crippen LogP contribution in [-0.2, 0) is 0 Å². The van der Waals surface area contributed by atoms with Gasteiger partial charge in [-0.1, -0.05) is 13.0 Å². The van der Waals surface area contributed by atoms with Gasteiger partial charge in [-0.05, 0) is 50.7 Å². The van der Waals surface area contributed by atoms with Crippen LogP contribution in [0.5, 0.6) is 0 Å². The number of carbonyl (C=O) groups is 1. The molecule has 1 N–H and O–H groups in total. The van der Waals surface area contributed by atoms with Crippen molar-refractivity contribution in [2.75, 3.05) is 0 Å². The molecule has 0 spiro atoms. The molecule has 1 unspecified atom stereocenters. The number of hydrogen-bond donors (Lipinski definition) is 1. The maximum Gasteiger partial charge on any atom is 0.290 e. The van der Waals surface area contributed by atoms with Crippen LogP contribution >= 0.6 is 0 Å². The highest BCUT2D eigenvalue weighted by molar-refractivity contribution is 5.96. The first-order chi connectivity index (χ1) is 10.1. The van der Waals surface area contributed by atoms with E-state index in [1.54, 1.807) is 4.40 Å². The number of fused-ring (bicyclic) bond motifs is 1. The topological polar surface area (TPSA) is 58.8 Å². The molecule has 0 bridgehead atoms. The van der Waals surface area contributed by atoms with Gasteiger partial charge in [-0.15, -0.1) is 0 Å². The molecule has 2 aromatic heterocycles. The summed E-state index contributed by atoms with van der Waals surface area (Å²) >= 11 is 0. The van der Waals surface area contributed by atoms with E-state index in [1.807, 2.05) is 31.3 Å². The summed E-state index contributed by atoms with van der Waals surface area (Å²) in [5, 5.41) is 4.31. The van der Waals surface area contributed by atoms with E-state index in [1.165, 1.54) is 6.42 Å². The standard InChI is InChI=1S/C16H20N4O/c1-11-6-5-7-13(10-11)18-19-16(21)15-12(2)17-14-8-3-4-9-20(14)15/h3-4,8-9,11H,5-7,10H2,1-2H3,(H,19,21)/b18-13-. The third-order valence-electron chi connectivity index (χ3n) is 3.98. The molecule has 1 atom stereocenters. The van der Waals surface area contributed by atoms with E-state index in [9.17, 15) is 4.79 Å². The number of amides is 1. The van der Waals surface area contributed by atoms with Gasteiger partial charge in [0.2, 0.25) is 0 Å². The normalized spacial score (nSPS) is 20.9. The fourth-order valence-electron chi connectivity index (χ4n) is 2.93. The molecule has 5 nitrogen and oxygen atoms in total. The number of hydrazone groups is 1. The van der Waals surface area contributed by atoms with E-state index in [2.05, 4.69) is 22.4 Å². The summed E-state index contributed by atoms with van der Waals surface area (Å²) in [4.78, 5) is 16.8. The smallest absolute Gasteiger partial charge is 0.290 e. The van der Waals surface area contributed by atoms with E-state index < -0.39 is 0 Å². The molecule has 1 saturated carbocycles. The van der Waals surface area contributed by atoms with Crippen LogP contribution in [0.15, 0.2) is 29.5 Å². The van der Waals surface area contributed by atoms with Gasteiger partial charge in [0.15, 0.2) is 0 Å². The number of carbonyl (C=O) groups excluding carboxylic acids is 1. The molecule has 1 fully saturated rings. The van der Waals surface area contributed by atoms with Crippen LogP contribution in [0, 0.1) is 12.8 Å². The molecular weight excluding hydrogens is 264 g/mol. The molecule has 1 amide bonds. The lowest BCUT2D eigenvalue weighted by Gasteiger charge is -2.18. The molecule has 2 heterocycles. The molecule has 0 saturated heterocycles. The van der Waals surface area contributed by atoms with Crippen LogP contribution in [0.3, 0.4) is 0 Å². The Bertz CT molecular complexity index is 701. The number of pyridine rings is 1. The molecule has 5 heteroatoms. The van der Waals surface area contributed by atoms with Crippen LogP contribution in [0.25, 0.3) is 5.65 Å². The predicted octanol–water partition coefficient (Wildman–Crippen LogP) is 2.94. The van der Waals surface area contributed by atoms with E-state index >= 15 is 0 Å². The van der Waals surface area contributed by atoms with Gasteiger partial charge in [0.1, 0.15) is 11.3 Å². The molecule has 2 aromatic rings. The lowest BCUT2D eigenvalue weighted by atomic mass is 9.89. The highest BCUT2D eigenvalue weighted by Crippen LogP contribution is 2.21. The first kappa shape index (κ1) is 13.8. The van der Waals surface area contributed by atoms with Crippen molar-refractivity contribution < 1.29 is 4.79 Å². The molecule has 110 valence electrons. The van der Waals surface area contributed by atoms with Crippen LogP contribution < -0.4 is 5.43 Å². The van der Waals surface area contributed by atoms with Crippen molar-refractivity contribution in [3.05, 3.63) is 35.8 Å². The summed E-state index contributed by atoms with van der Waals surface area (Å²) in [6.45, 7) is 4.07. The Balaban J connectivity index is 1.81. The minimum absolute atomic E-state index is 0.197. The Labute approximate surface area is 124 Å². The van der Waals surface area contributed by atoms with Crippen molar-refractivity contribution in [2.24, 2.45) is 11.0 Å². The summed E-state index contributed by atoms with van der Waals surface area (Å²) in [6, 6.07) is 5.69. The lowest BCUT2D eigenvalue weighted by molar-refractivity contribution is 0.0948. The number of nitrogens with zero attached hydrogens (tertiary/aromatic N) is 3. The summed E-state index contributed by atoms with van der Waals surface area (Å²) in [7, 11) is 0. The highest BCUT2D eigenvalue weighted by atomic mass is 16.2. The minimum atomic E-state index is -0.197. The second kappa shape index (κ2) is 5.68. The number of aromatic nitrogens is 2. The van der Waals surface area contributed by atoms with Crippen molar-refractivity contribution in [3.63, 3.8) is 0 Å². The summed E-state index contributed by atoms with van der Waals surface area (Å²) in [6.07, 6.45) is 6.22. The average Bonchev–Trinajstić information content (AvgIpc) is 2.81. The Kier molecular flexibility index (Phi) is 3.73. The average molecular weight is 284 g/mol. The SMILES string of the molecule is Cc1nc2ccccn2c1C(=O)N/N=C1/CCCC(C)C1. The van der Waals surface area contributed by atoms with E-state index in [0.29, 0.717) is 11.6 Å². The Morgan fingerprint density at radius 2 is 2.33 bits per heavy atom. The minimum Gasteiger partial charge on any atom is -0.295 e. The number of hydrogen-bond acceptors (Lipinski definition) is 3. The van der Waals surface area contributed by atoms with Gasteiger partial charge in [0.05, 0.1) is 5.69 Å². The zero-order chi connectivity index (χ0) is 14.8. The van der Waals surface area contributed by atoms with Gasteiger partial charge < -0.3 is 0 Å². The van der Waals surface area contributed by atoms with E-state index in [4.69, 9.17) is 0 Å².